The Kier molecular flexibility index (Phi) is 5.81. The van der Waals surface area contributed by atoms with Gasteiger partial charge in [0, 0.05) is 16.5 Å². The molecule has 1 aliphatic carbocycles. The minimum absolute atomic E-state index is 0.00943. The summed E-state index contributed by atoms with van der Waals surface area (Å²) in [6.45, 7) is 0. The molecule has 0 atom stereocenters. The first-order valence-corrected chi connectivity index (χ1v) is 10.7. The van der Waals surface area contributed by atoms with Crippen molar-refractivity contribution in [2.75, 3.05) is 5.32 Å². The molecule has 1 saturated carbocycles. The second kappa shape index (κ2) is 8.65. The largest absolute Gasteiger partial charge is 0.349 e. The number of carbonyl (C=O) groups excluding carboxylic acids is 2. The van der Waals surface area contributed by atoms with Gasteiger partial charge < -0.3 is 10.6 Å². The van der Waals surface area contributed by atoms with E-state index in [-0.39, 0.29) is 11.8 Å². The monoisotopic (exact) mass is 392 g/mol. The van der Waals surface area contributed by atoms with Gasteiger partial charge in [-0.25, -0.2) is 0 Å². The highest BCUT2D eigenvalue weighted by Crippen LogP contribution is 2.38. The molecule has 0 unspecified atom stereocenters. The Hall–Kier alpha value is -2.53. The van der Waals surface area contributed by atoms with Crippen molar-refractivity contribution in [1.29, 1.82) is 0 Å². The molecule has 144 valence electrons. The van der Waals surface area contributed by atoms with Gasteiger partial charge in [-0.1, -0.05) is 61.7 Å². The van der Waals surface area contributed by atoms with Crippen molar-refractivity contribution in [2.45, 2.75) is 49.5 Å². The fraction of sp³-hybridized carbons (Fsp3) is 0.304. The maximum atomic E-state index is 12.5. The summed E-state index contributed by atoms with van der Waals surface area (Å²) >= 11 is 1.47. The number of carbonyl (C=O) groups is 2. The predicted molar refractivity (Wildman–Crippen MR) is 114 cm³/mol. The Bertz CT molecular complexity index is 897. The summed E-state index contributed by atoms with van der Waals surface area (Å²) in [6.07, 6.45) is 8.94. The Morgan fingerprint density at radius 3 is 2.46 bits per heavy atom. The van der Waals surface area contributed by atoms with Crippen LogP contribution in [0.1, 0.15) is 54.4 Å². The lowest BCUT2D eigenvalue weighted by Gasteiger charge is -2.18. The van der Waals surface area contributed by atoms with Gasteiger partial charge in [-0.2, -0.15) is 0 Å². The molecule has 4 rings (SSSR count). The van der Waals surface area contributed by atoms with Crippen molar-refractivity contribution in [3.05, 3.63) is 64.6 Å². The number of para-hydroxylation sites is 1. The molecule has 2 aromatic carbocycles. The van der Waals surface area contributed by atoms with Gasteiger partial charge in [-0.15, -0.1) is 0 Å². The molecule has 1 fully saturated rings. The van der Waals surface area contributed by atoms with E-state index in [0.29, 0.717) is 16.5 Å². The number of hydrogen-bond donors (Lipinski definition) is 2. The summed E-state index contributed by atoms with van der Waals surface area (Å²) in [5.74, 6) is -0.108. The quantitative estimate of drug-likeness (QED) is 0.556. The minimum Gasteiger partial charge on any atom is -0.349 e. The van der Waals surface area contributed by atoms with E-state index in [0.717, 1.165) is 29.0 Å². The van der Waals surface area contributed by atoms with Crippen molar-refractivity contribution in [3.63, 3.8) is 0 Å². The molecule has 5 heteroatoms. The Morgan fingerprint density at radius 2 is 1.71 bits per heavy atom. The van der Waals surface area contributed by atoms with Crippen LogP contribution in [-0.4, -0.2) is 17.9 Å². The summed E-state index contributed by atoms with van der Waals surface area (Å²) in [7, 11) is 0. The molecule has 0 aromatic heterocycles. The van der Waals surface area contributed by atoms with Gasteiger partial charge in [0.15, 0.2) is 0 Å². The molecule has 2 amide bonds. The number of thioether (sulfide) groups is 1. The van der Waals surface area contributed by atoms with Crippen LogP contribution in [0.3, 0.4) is 0 Å². The van der Waals surface area contributed by atoms with Gasteiger partial charge in [0.1, 0.15) is 0 Å². The number of amides is 2. The van der Waals surface area contributed by atoms with Crippen molar-refractivity contribution in [2.24, 2.45) is 0 Å². The molecule has 0 saturated heterocycles. The fourth-order valence-electron chi connectivity index (χ4n) is 3.68. The Morgan fingerprint density at radius 1 is 1.00 bits per heavy atom. The van der Waals surface area contributed by atoms with Crippen LogP contribution in [0.5, 0.6) is 0 Å². The van der Waals surface area contributed by atoms with Crippen molar-refractivity contribution >= 4 is 35.3 Å². The van der Waals surface area contributed by atoms with E-state index in [2.05, 4.69) is 10.6 Å². The van der Waals surface area contributed by atoms with Crippen molar-refractivity contribution < 1.29 is 9.59 Å². The van der Waals surface area contributed by atoms with Crippen LogP contribution < -0.4 is 10.6 Å². The van der Waals surface area contributed by atoms with Gasteiger partial charge in [0.2, 0.25) is 0 Å². The lowest BCUT2D eigenvalue weighted by Crippen LogP contribution is -2.34. The third kappa shape index (κ3) is 4.47. The number of nitrogens with one attached hydrogen (secondary N) is 2. The molecular formula is C23H24N2O2S. The lowest BCUT2D eigenvalue weighted by atomic mass is 10.1. The molecule has 2 aliphatic rings. The van der Waals surface area contributed by atoms with Gasteiger partial charge in [-0.3, -0.25) is 9.59 Å². The zero-order chi connectivity index (χ0) is 19.3. The topological polar surface area (TPSA) is 58.2 Å². The zero-order valence-corrected chi connectivity index (χ0v) is 16.6. The molecule has 0 spiro atoms. The number of fused-ring (bicyclic) bond motifs is 1. The number of benzene rings is 2. The summed E-state index contributed by atoms with van der Waals surface area (Å²) in [6, 6.07) is 15.5. The maximum Gasteiger partial charge on any atom is 0.262 e. The SMILES string of the molecule is O=C1Nc2ccccc2SC1=Cc1ccc(C(=O)NC2CCCCCC2)cc1. The van der Waals surface area contributed by atoms with Crippen LogP contribution in [-0.2, 0) is 4.79 Å². The van der Waals surface area contributed by atoms with E-state index in [4.69, 9.17) is 0 Å². The summed E-state index contributed by atoms with van der Waals surface area (Å²) in [5, 5.41) is 6.09. The minimum atomic E-state index is -0.0983. The van der Waals surface area contributed by atoms with E-state index >= 15 is 0 Å². The first kappa shape index (κ1) is 18.8. The van der Waals surface area contributed by atoms with Gasteiger partial charge in [0.05, 0.1) is 10.6 Å². The zero-order valence-electron chi connectivity index (χ0n) is 15.7. The van der Waals surface area contributed by atoms with E-state index in [9.17, 15) is 9.59 Å². The van der Waals surface area contributed by atoms with Gasteiger partial charge in [0.25, 0.3) is 11.8 Å². The van der Waals surface area contributed by atoms with Crippen LogP contribution in [0, 0.1) is 0 Å². The van der Waals surface area contributed by atoms with E-state index in [1.165, 1.54) is 37.4 Å². The molecule has 1 heterocycles. The highest BCUT2D eigenvalue weighted by atomic mass is 32.2. The fourth-order valence-corrected chi connectivity index (χ4v) is 4.63. The standard InChI is InChI=1S/C23H24N2O2S/c26-22(24-18-7-3-1-2-4-8-18)17-13-11-16(12-14-17)15-21-23(27)25-19-9-5-6-10-20(19)28-21/h5-6,9-15,18H,1-4,7-8H2,(H,24,26)(H,25,27). The average Bonchev–Trinajstić information content (AvgIpc) is 2.98. The molecule has 1 aliphatic heterocycles. The highest BCUT2D eigenvalue weighted by molar-refractivity contribution is 8.04. The van der Waals surface area contributed by atoms with Gasteiger partial charge in [-0.05, 0) is 48.7 Å². The smallest absolute Gasteiger partial charge is 0.262 e. The molecule has 28 heavy (non-hydrogen) atoms. The van der Waals surface area contributed by atoms with Gasteiger partial charge >= 0.3 is 0 Å². The van der Waals surface area contributed by atoms with E-state index in [1.807, 2.05) is 54.6 Å². The van der Waals surface area contributed by atoms with E-state index < -0.39 is 0 Å². The first-order valence-electron chi connectivity index (χ1n) is 9.90. The summed E-state index contributed by atoms with van der Waals surface area (Å²) < 4.78 is 0. The molecular weight excluding hydrogens is 368 g/mol. The predicted octanol–water partition coefficient (Wildman–Crippen LogP) is 5.22. The highest BCUT2D eigenvalue weighted by Gasteiger charge is 2.20. The second-order valence-electron chi connectivity index (χ2n) is 7.34. The maximum absolute atomic E-state index is 12.5. The normalized spacial score (nSPS) is 18.9. The van der Waals surface area contributed by atoms with Crippen molar-refractivity contribution in [1.82, 2.24) is 5.32 Å². The lowest BCUT2D eigenvalue weighted by molar-refractivity contribution is -0.112. The van der Waals surface area contributed by atoms with Crippen LogP contribution in [0.4, 0.5) is 5.69 Å². The Labute approximate surface area is 169 Å². The average molecular weight is 393 g/mol. The molecule has 2 N–H and O–H groups in total. The third-order valence-corrected chi connectivity index (χ3v) is 6.34. The van der Waals surface area contributed by atoms with Crippen molar-refractivity contribution in [3.8, 4) is 0 Å². The van der Waals surface area contributed by atoms with Crippen LogP contribution in [0.2, 0.25) is 0 Å². The first-order chi connectivity index (χ1) is 13.7. The number of rotatable bonds is 3. The number of hydrogen-bond acceptors (Lipinski definition) is 3. The van der Waals surface area contributed by atoms with E-state index in [1.54, 1.807) is 0 Å². The van der Waals surface area contributed by atoms with Crippen LogP contribution in [0.15, 0.2) is 58.3 Å². The second-order valence-corrected chi connectivity index (χ2v) is 8.43. The third-order valence-electron chi connectivity index (χ3n) is 5.24. The molecule has 0 bridgehead atoms. The molecule has 2 aromatic rings. The Balaban J connectivity index is 1.44. The molecule has 0 radical (unpaired) electrons. The van der Waals surface area contributed by atoms with Crippen LogP contribution >= 0.6 is 11.8 Å². The summed E-state index contributed by atoms with van der Waals surface area (Å²) in [4.78, 5) is 26.5. The number of anilines is 1. The van der Waals surface area contributed by atoms with Crippen LogP contribution in [0.25, 0.3) is 6.08 Å². The summed E-state index contributed by atoms with van der Waals surface area (Å²) in [5.41, 5.74) is 2.42. The molecule has 4 nitrogen and oxygen atoms in total.